The summed E-state index contributed by atoms with van der Waals surface area (Å²) in [5, 5.41) is 5.81. The van der Waals surface area contributed by atoms with Crippen molar-refractivity contribution in [1.29, 1.82) is 0 Å². The van der Waals surface area contributed by atoms with Crippen LogP contribution in [0.4, 0.5) is 0 Å². The van der Waals surface area contributed by atoms with Crippen LogP contribution >= 0.6 is 0 Å². The van der Waals surface area contributed by atoms with E-state index in [0.29, 0.717) is 30.3 Å². The van der Waals surface area contributed by atoms with E-state index in [1.165, 1.54) is 0 Å². The molecule has 5 heterocycles. The van der Waals surface area contributed by atoms with Crippen LogP contribution in [0.3, 0.4) is 0 Å². The van der Waals surface area contributed by atoms with Crippen LogP contribution in [-0.2, 0) is 9.59 Å². The zero-order chi connectivity index (χ0) is 26.4. The highest BCUT2D eigenvalue weighted by molar-refractivity contribution is 5.82. The number of hydrogen-bond acceptors (Lipinski definition) is 7. The fraction of sp³-hybridized carbons (Fsp3) is 0.759. The second-order valence-electron chi connectivity index (χ2n) is 12.6. The largest absolute Gasteiger partial charge is 0.474 e. The van der Waals surface area contributed by atoms with Crippen molar-refractivity contribution in [2.75, 3.05) is 39.8 Å². The molecule has 5 aliphatic rings. The molecule has 0 aromatic carbocycles. The topological polar surface area (TPSA) is 90.0 Å². The summed E-state index contributed by atoms with van der Waals surface area (Å²) in [5.41, 5.74) is 4.75. The van der Waals surface area contributed by atoms with E-state index >= 15 is 0 Å². The van der Waals surface area contributed by atoms with Gasteiger partial charge in [-0.3, -0.25) is 15.0 Å². The minimum absolute atomic E-state index is 0.0167. The van der Waals surface area contributed by atoms with Crippen LogP contribution in [0.25, 0.3) is 0 Å². The maximum absolute atomic E-state index is 13.9. The molecular formula is C29H44N6O3. The molecule has 1 aromatic rings. The van der Waals surface area contributed by atoms with Gasteiger partial charge in [-0.15, -0.1) is 0 Å². The summed E-state index contributed by atoms with van der Waals surface area (Å²) >= 11 is 0. The SMILES string of the molecule is Cc1ccc(OC2CCN(C(=O)C3CC4C(CC3C)NC(=O)C3CNN(C5CCN(C)CC5)C34)CC2)nc1. The Morgan fingerprint density at radius 1 is 1.08 bits per heavy atom. The average molecular weight is 525 g/mol. The third-order valence-electron chi connectivity index (χ3n) is 10.0. The van der Waals surface area contributed by atoms with Crippen LogP contribution in [0.5, 0.6) is 5.88 Å². The zero-order valence-corrected chi connectivity index (χ0v) is 23.1. The van der Waals surface area contributed by atoms with Crippen LogP contribution in [0, 0.1) is 30.6 Å². The molecule has 9 heteroatoms. The number of aryl methyl sites for hydroxylation is 1. The van der Waals surface area contributed by atoms with E-state index in [0.717, 1.165) is 70.3 Å². The van der Waals surface area contributed by atoms with E-state index in [9.17, 15) is 9.59 Å². The predicted octanol–water partition coefficient (Wildman–Crippen LogP) is 1.82. The minimum atomic E-state index is -0.0247. The van der Waals surface area contributed by atoms with Crippen molar-refractivity contribution < 1.29 is 14.3 Å². The van der Waals surface area contributed by atoms with Crippen molar-refractivity contribution in [3.8, 4) is 5.88 Å². The second kappa shape index (κ2) is 10.7. The first-order chi connectivity index (χ1) is 18.4. The van der Waals surface area contributed by atoms with Gasteiger partial charge in [0.25, 0.3) is 0 Å². The lowest BCUT2D eigenvalue weighted by molar-refractivity contribution is -0.144. The van der Waals surface area contributed by atoms with Crippen molar-refractivity contribution in [2.24, 2.45) is 23.7 Å². The number of carbonyl (C=O) groups is 2. The van der Waals surface area contributed by atoms with Crippen LogP contribution in [0.1, 0.15) is 51.0 Å². The third-order valence-corrected chi connectivity index (χ3v) is 10.0. The molecule has 1 saturated carbocycles. The summed E-state index contributed by atoms with van der Waals surface area (Å²) < 4.78 is 6.10. The van der Waals surface area contributed by atoms with Crippen LogP contribution < -0.4 is 15.5 Å². The van der Waals surface area contributed by atoms with E-state index in [-0.39, 0.29) is 41.8 Å². The van der Waals surface area contributed by atoms with Gasteiger partial charge in [0.05, 0.1) is 5.92 Å². The summed E-state index contributed by atoms with van der Waals surface area (Å²) in [6.07, 6.45) is 7.60. The highest BCUT2D eigenvalue weighted by Crippen LogP contribution is 2.44. The van der Waals surface area contributed by atoms with Crippen LogP contribution in [0.15, 0.2) is 18.3 Å². The van der Waals surface area contributed by atoms with Gasteiger partial charge < -0.3 is 19.9 Å². The molecular weight excluding hydrogens is 480 g/mol. The summed E-state index contributed by atoms with van der Waals surface area (Å²) in [4.78, 5) is 35.8. The third kappa shape index (κ3) is 5.05. The number of fused-ring (bicyclic) bond motifs is 3. The number of hydrogen-bond donors (Lipinski definition) is 2. The first-order valence-electron chi connectivity index (χ1n) is 14.8. The molecule has 1 aromatic heterocycles. The Kier molecular flexibility index (Phi) is 7.35. The van der Waals surface area contributed by atoms with Gasteiger partial charge in [-0.05, 0) is 70.1 Å². The average Bonchev–Trinajstić information content (AvgIpc) is 3.36. The van der Waals surface area contributed by atoms with Gasteiger partial charge in [-0.25, -0.2) is 9.99 Å². The molecule has 2 N–H and O–H groups in total. The molecule has 9 nitrogen and oxygen atoms in total. The molecule has 5 fully saturated rings. The van der Waals surface area contributed by atoms with Crippen molar-refractivity contribution in [3.63, 3.8) is 0 Å². The van der Waals surface area contributed by atoms with Gasteiger partial charge in [0, 0.05) is 68.8 Å². The van der Waals surface area contributed by atoms with E-state index in [1.807, 2.05) is 25.3 Å². The van der Waals surface area contributed by atoms with Gasteiger partial charge in [0.15, 0.2) is 0 Å². The molecule has 6 rings (SSSR count). The van der Waals surface area contributed by atoms with E-state index < -0.39 is 0 Å². The lowest BCUT2D eigenvalue weighted by atomic mass is 9.65. The van der Waals surface area contributed by atoms with Crippen molar-refractivity contribution in [3.05, 3.63) is 23.9 Å². The fourth-order valence-corrected chi connectivity index (χ4v) is 7.75. The Balaban J connectivity index is 1.10. The molecule has 2 amide bonds. The number of nitrogens with one attached hydrogen (secondary N) is 2. The van der Waals surface area contributed by atoms with E-state index in [2.05, 4.69) is 44.5 Å². The number of likely N-dealkylation sites (tertiary alicyclic amines) is 2. The molecule has 4 aliphatic heterocycles. The van der Waals surface area contributed by atoms with Crippen molar-refractivity contribution >= 4 is 11.8 Å². The first kappa shape index (κ1) is 26.0. The molecule has 38 heavy (non-hydrogen) atoms. The van der Waals surface area contributed by atoms with Gasteiger partial charge in [-0.1, -0.05) is 13.0 Å². The van der Waals surface area contributed by atoms with Gasteiger partial charge in [0.1, 0.15) is 6.10 Å². The number of piperidine rings is 3. The fourth-order valence-electron chi connectivity index (χ4n) is 7.75. The number of amides is 2. The molecule has 0 bridgehead atoms. The quantitative estimate of drug-likeness (QED) is 0.621. The van der Waals surface area contributed by atoms with Gasteiger partial charge >= 0.3 is 0 Å². The zero-order valence-electron chi connectivity index (χ0n) is 23.1. The van der Waals surface area contributed by atoms with Gasteiger partial charge in [0.2, 0.25) is 17.7 Å². The number of ether oxygens (including phenoxy) is 1. The van der Waals surface area contributed by atoms with E-state index in [1.54, 1.807) is 0 Å². The Hall–Kier alpha value is -2.23. The molecule has 6 unspecified atom stereocenters. The first-order valence-corrected chi connectivity index (χ1v) is 14.8. The molecule has 1 aliphatic carbocycles. The van der Waals surface area contributed by atoms with Crippen LogP contribution in [0.2, 0.25) is 0 Å². The monoisotopic (exact) mass is 524 g/mol. The Bertz CT molecular complexity index is 1000. The number of carbonyl (C=O) groups excluding carboxylic acids is 2. The standard InChI is InChI=1S/C29H44N6O3/c1-18-4-5-26(30-16-18)38-21-8-12-34(13-9-21)29(37)22-15-23-25(14-19(22)2)32-28(36)24-17-31-35(27(23)24)20-6-10-33(3)11-7-20/h4-5,16,19-25,27,31H,6-15,17H2,1-3H3,(H,32,36). The number of rotatable bonds is 4. The van der Waals surface area contributed by atoms with Crippen LogP contribution in [-0.4, -0.2) is 95.6 Å². The summed E-state index contributed by atoms with van der Waals surface area (Å²) in [6.45, 7) is 8.60. The smallest absolute Gasteiger partial charge is 0.226 e. The minimum Gasteiger partial charge on any atom is -0.474 e. The number of pyridine rings is 1. The summed E-state index contributed by atoms with van der Waals surface area (Å²) in [7, 11) is 2.19. The lowest BCUT2D eigenvalue weighted by Crippen LogP contribution is -2.64. The summed E-state index contributed by atoms with van der Waals surface area (Å²) in [6, 6.07) is 4.76. The maximum atomic E-state index is 13.9. The number of hydrazine groups is 1. The van der Waals surface area contributed by atoms with Crippen molar-refractivity contribution in [2.45, 2.75) is 76.6 Å². The lowest BCUT2D eigenvalue weighted by Gasteiger charge is -2.51. The summed E-state index contributed by atoms with van der Waals surface area (Å²) in [5.74, 6) is 1.73. The van der Waals surface area contributed by atoms with E-state index in [4.69, 9.17) is 4.74 Å². The predicted molar refractivity (Wildman–Crippen MR) is 144 cm³/mol. The Labute approximate surface area is 226 Å². The molecule has 208 valence electrons. The molecule has 4 saturated heterocycles. The molecule has 0 radical (unpaired) electrons. The highest BCUT2D eigenvalue weighted by Gasteiger charge is 2.55. The van der Waals surface area contributed by atoms with Crippen molar-refractivity contribution in [1.82, 2.24) is 30.5 Å². The number of aromatic nitrogens is 1. The molecule has 0 spiro atoms. The second-order valence-corrected chi connectivity index (χ2v) is 12.6. The highest BCUT2D eigenvalue weighted by atomic mass is 16.5. The van der Waals surface area contributed by atoms with Gasteiger partial charge in [-0.2, -0.15) is 0 Å². The number of nitrogens with zero attached hydrogens (tertiary/aromatic N) is 4. The molecule has 6 atom stereocenters. The maximum Gasteiger partial charge on any atom is 0.226 e. The Morgan fingerprint density at radius 3 is 2.55 bits per heavy atom. The Morgan fingerprint density at radius 2 is 1.84 bits per heavy atom. The normalized spacial score (nSPS) is 35.4.